The second-order valence-corrected chi connectivity index (χ2v) is 5.18. The van der Waals surface area contributed by atoms with Crippen molar-refractivity contribution < 1.29 is 0 Å². The number of thiophene rings is 1. The van der Waals surface area contributed by atoms with Gasteiger partial charge in [-0.2, -0.15) is 0 Å². The van der Waals surface area contributed by atoms with Gasteiger partial charge in [0, 0.05) is 4.88 Å². The second kappa shape index (κ2) is 5.65. The minimum absolute atomic E-state index is 0.0339. The van der Waals surface area contributed by atoms with Crippen molar-refractivity contribution >= 4 is 22.9 Å². The van der Waals surface area contributed by atoms with Crippen LogP contribution in [0.2, 0.25) is 5.02 Å². The maximum atomic E-state index is 6.14. The van der Waals surface area contributed by atoms with E-state index in [9.17, 15) is 0 Å². The Balaban J connectivity index is 2.32. The third kappa shape index (κ3) is 2.69. The highest BCUT2D eigenvalue weighted by molar-refractivity contribution is 7.10. The van der Waals surface area contributed by atoms with Crippen LogP contribution in [0.1, 0.15) is 29.0 Å². The number of benzene rings is 1. The van der Waals surface area contributed by atoms with Gasteiger partial charge in [0.25, 0.3) is 0 Å². The largest absolute Gasteiger partial charge is 0.271 e. The van der Waals surface area contributed by atoms with E-state index >= 15 is 0 Å². The van der Waals surface area contributed by atoms with E-state index in [-0.39, 0.29) is 6.04 Å². The fourth-order valence-corrected chi connectivity index (χ4v) is 3.03. The predicted octanol–water partition coefficient (Wildman–Crippen LogP) is 3.52. The summed E-state index contributed by atoms with van der Waals surface area (Å²) < 4.78 is 0. The van der Waals surface area contributed by atoms with Crippen molar-refractivity contribution in [2.75, 3.05) is 0 Å². The van der Waals surface area contributed by atoms with Gasteiger partial charge in [-0.05, 0) is 29.0 Å². The summed E-state index contributed by atoms with van der Waals surface area (Å²) >= 11 is 7.75. The van der Waals surface area contributed by atoms with E-state index in [0.29, 0.717) is 0 Å². The van der Waals surface area contributed by atoms with Gasteiger partial charge in [-0.15, -0.1) is 11.3 Å². The van der Waals surface area contributed by atoms with Crippen LogP contribution in [0.25, 0.3) is 0 Å². The van der Waals surface area contributed by atoms with Crippen LogP contribution in [0.5, 0.6) is 0 Å². The van der Waals surface area contributed by atoms with Gasteiger partial charge in [0.2, 0.25) is 0 Å². The molecule has 0 saturated carbocycles. The Kier molecular flexibility index (Phi) is 4.18. The molecule has 0 radical (unpaired) electrons. The number of hydrogen-bond acceptors (Lipinski definition) is 3. The molecule has 1 aromatic carbocycles. The van der Waals surface area contributed by atoms with Gasteiger partial charge in [-0.25, -0.2) is 5.43 Å². The summed E-state index contributed by atoms with van der Waals surface area (Å²) in [4.78, 5) is 1.05. The number of halogens is 1. The van der Waals surface area contributed by atoms with Crippen LogP contribution >= 0.6 is 22.9 Å². The number of nitrogens with two attached hydrogens (primary N) is 1. The first-order chi connectivity index (χ1) is 8.26. The highest BCUT2D eigenvalue weighted by Crippen LogP contribution is 2.32. The standard InChI is InChI=1S/C13H15ClN2S/c1-2-9-3-5-10(6-4-9)12(16-15)13-11(14)7-8-17-13/h3-8,12,16H,2,15H2,1H3. The molecule has 0 aliphatic carbocycles. The van der Waals surface area contributed by atoms with Crippen molar-refractivity contribution in [1.82, 2.24) is 5.43 Å². The van der Waals surface area contributed by atoms with E-state index in [1.807, 2.05) is 11.4 Å². The molecule has 1 aromatic heterocycles. The van der Waals surface area contributed by atoms with Crippen LogP contribution in [-0.4, -0.2) is 0 Å². The molecule has 0 fully saturated rings. The average molecular weight is 267 g/mol. The van der Waals surface area contributed by atoms with Gasteiger partial charge in [0.15, 0.2) is 0 Å². The van der Waals surface area contributed by atoms with Gasteiger partial charge < -0.3 is 0 Å². The Bertz CT molecular complexity index is 478. The van der Waals surface area contributed by atoms with Gasteiger partial charge in [0.1, 0.15) is 0 Å². The van der Waals surface area contributed by atoms with Crippen molar-refractivity contribution in [2.45, 2.75) is 19.4 Å². The smallest absolute Gasteiger partial charge is 0.0817 e. The molecule has 0 amide bonds. The topological polar surface area (TPSA) is 38.0 Å². The van der Waals surface area contributed by atoms with Gasteiger partial charge in [0.05, 0.1) is 11.1 Å². The number of rotatable bonds is 4. The Morgan fingerprint density at radius 1 is 1.29 bits per heavy atom. The number of nitrogens with one attached hydrogen (secondary N) is 1. The molecule has 4 heteroatoms. The lowest BCUT2D eigenvalue weighted by Crippen LogP contribution is -2.28. The molecule has 2 nitrogen and oxygen atoms in total. The normalized spacial score (nSPS) is 12.6. The lowest BCUT2D eigenvalue weighted by molar-refractivity contribution is 0.646. The summed E-state index contributed by atoms with van der Waals surface area (Å²) in [5.41, 5.74) is 5.28. The zero-order valence-electron chi connectivity index (χ0n) is 9.61. The average Bonchev–Trinajstić information content (AvgIpc) is 2.78. The summed E-state index contributed by atoms with van der Waals surface area (Å²) in [6, 6.07) is 10.3. The first-order valence-electron chi connectivity index (χ1n) is 5.54. The first-order valence-corrected chi connectivity index (χ1v) is 6.80. The highest BCUT2D eigenvalue weighted by atomic mass is 35.5. The third-order valence-electron chi connectivity index (χ3n) is 2.79. The zero-order valence-corrected chi connectivity index (χ0v) is 11.2. The SMILES string of the molecule is CCc1ccc(C(NN)c2sccc2Cl)cc1. The molecular formula is C13H15ClN2S. The number of hydrogen-bond donors (Lipinski definition) is 2. The lowest BCUT2D eigenvalue weighted by atomic mass is 10.0. The number of aryl methyl sites for hydroxylation is 1. The van der Waals surface area contributed by atoms with Crippen molar-refractivity contribution in [3.05, 3.63) is 56.7 Å². The Labute approximate surface area is 110 Å². The molecular weight excluding hydrogens is 252 g/mol. The molecule has 1 atom stereocenters. The predicted molar refractivity (Wildman–Crippen MR) is 74.3 cm³/mol. The van der Waals surface area contributed by atoms with E-state index in [4.69, 9.17) is 17.4 Å². The van der Waals surface area contributed by atoms with Crippen LogP contribution in [0.4, 0.5) is 0 Å². The molecule has 0 aliphatic heterocycles. The van der Waals surface area contributed by atoms with Crippen LogP contribution < -0.4 is 11.3 Å². The minimum atomic E-state index is -0.0339. The molecule has 0 spiro atoms. The van der Waals surface area contributed by atoms with Crippen molar-refractivity contribution in [3.8, 4) is 0 Å². The highest BCUT2D eigenvalue weighted by Gasteiger charge is 2.16. The molecule has 2 rings (SSSR count). The quantitative estimate of drug-likeness (QED) is 0.656. The molecule has 0 bridgehead atoms. The van der Waals surface area contributed by atoms with Crippen molar-refractivity contribution in [1.29, 1.82) is 0 Å². The van der Waals surface area contributed by atoms with E-state index in [2.05, 4.69) is 36.6 Å². The minimum Gasteiger partial charge on any atom is -0.271 e. The molecule has 1 unspecified atom stereocenters. The van der Waals surface area contributed by atoms with Gasteiger partial charge in [-0.3, -0.25) is 5.84 Å². The summed E-state index contributed by atoms with van der Waals surface area (Å²) in [5.74, 6) is 5.63. The van der Waals surface area contributed by atoms with Crippen molar-refractivity contribution in [3.63, 3.8) is 0 Å². The third-order valence-corrected chi connectivity index (χ3v) is 4.22. The molecule has 3 N–H and O–H groups in total. The Hall–Kier alpha value is -0.870. The zero-order chi connectivity index (χ0) is 12.3. The van der Waals surface area contributed by atoms with Crippen LogP contribution in [-0.2, 0) is 6.42 Å². The van der Waals surface area contributed by atoms with Crippen molar-refractivity contribution in [2.24, 2.45) is 5.84 Å². The molecule has 2 aromatic rings. The fourth-order valence-electron chi connectivity index (χ4n) is 1.78. The molecule has 0 saturated heterocycles. The maximum Gasteiger partial charge on any atom is 0.0817 e. The van der Waals surface area contributed by atoms with E-state index in [1.165, 1.54) is 5.56 Å². The molecule has 90 valence electrons. The summed E-state index contributed by atoms with van der Waals surface area (Å²) in [6.07, 6.45) is 1.04. The first kappa shape index (κ1) is 12.6. The molecule has 17 heavy (non-hydrogen) atoms. The maximum absolute atomic E-state index is 6.14. The van der Waals surface area contributed by atoms with E-state index < -0.39 is 0 Å². The summed E-state index contributed by atoms with van der Waals surface area (Å²) in [5, 5.41) is 2.74. The van der Waals surface area contributed by atoms with Crippen LogP contribution in [0, 0.1) is 0 Å². The number of hydrazine groups is 1. The fraction of sp³-hybridized carbons (Fsp3) is 0.231. The summed E-state index contributed by atoms with van der Waals surface area (Å²) in [6.45, 7) is 2.14. The lowest BCUT2D eigenvalue weighted by Gasteiger charge is -2.15. The molecule has 0 aliphatic rings. The van der Waals surface area contributed by atoms with Crippen LogP contribution in [0.15, 0.2) is 35.7 Å². The molecule has 1 heterocycles. The second-order valence-electron chi connectivity index (χ2n) is 3.83. The Morgan fingerprint density at radius 2 is 2.00 bits per heavy atom. The van der Waals surface area contributed by atoms with Gasteiger partial charge >= 0.3 is 0 Å². The van der Waals surface area contributed by atoms with E-state index in [1.54, 1.807) is 11.3 Å². The van der Waals surface area contributed by atoms with E-state index in [0.717, 1.165) is 21.9 Å². The van der Waals surface area contributed by atoms with Crippen LogP contribution in [0.3, 0.4) is 0 Å². The Morgan fingerprint density at radius 3 is 2.47 bits per heavy atom. The monoisotopic (exact) mass is 266 g/mol. The van der Waals surface area contributed by atoms with Gasteiger partial charge in [-0.1, -0.05) is 42.8 Å². The summed E-state index contributed by atoms with van der Waals surface area (Å²) in [7, 11) is 0.